The first-order valence-corrected chi connectivity index (χ1v) is 6.37. The van der Waals surface area contributed by atoms with E-state index in [1.54, 1.807) is 0 Å². The van der Waals surface area contributed by atoms with Crippen LogP contribution < -0.4 is 5.32 Å². The zero-order valence-electron chi connectivity index (χ0n) is 10.7. The number of hydrogen-bond acceptors (Lipinski definition) is 3. The van der Waals surface area contributed by atoms with Gasteiger partial charge in [0.1, 0.15) is 6.10 Å². The highest BCUT2D eigenvalue weighted by Gasteiger charge is 2.31. The minimum Gasteiger partial charge on any atom is -0.453 e. The van der Waals surface area contributed by atoms with Crippen molar-refractivity contribution in [3.05, 3.63) is 46.5 Å². The molecule has 3 nitrogen and oxygen atoms in total. The Hall–Kier alpha value is -1.61. The van der Waals surface area contributed by atoms with Crippen molar-refractivity contribution in [2.24, 2.45) is 0 Å². The standard InChI is InChI=1S/C15H17NO2/c1-9-7-11-5-6-16-15(12(11)8-10(9)2)13-3-4-14(17)18-13/h3-4,7-8,13,15-16H,5-6H2,1-2H3. The van der Waals surface area contributed by atoms with Crippen LogP contribution in [0.5, 0.6) is 0 Å². The minimum atomic E-state index is -0.238. The third kappa shape index (κ3) is 1.85. The van der Waals surface area contributed by atoms with Crippen molar-refractivity contribution < 1.29 is 9.53 Å². The van der Waals surface area contributed by atoms with E-state index in [0.29, 0.717) is 0 Å². The van der Waals surface area contributed by atoms with Gasteiger partial charge in [0, 0.05) is 6.08 Å². The SMILES string of the molecule is Cc1cc2c(cc1C)C(C1C=CC(=O)O1)NCC2. The second kappa shape index (κ2) is 4.25. The summed E-state index contributed by atoms with van der Waals surface area (Å²) in [5.41, 5.74) is 5.26. The summed E-state index contributed by atoms with van der Waals surface area (Å²) in [6.45, 7) is 5.20. The van der Waals surface area contributed by atoms with Crippen LogP contribution in [0.1, 0.15) is 28.3 Å². The first-order chi connectivity index (χ1) is 8.65. The van der Waals surface area contributed by atoms with Crippen molar-refractivity contribution in [2.45, 2.75) is 32.4 Å². The summed E-state index contributed by atoms with van der Waals surface area (Å²) in [5.74, 6) is -0.238. The Morgan fingerprint density at radius 2 is 2.06 bits per heavy atom. The van der Waals surface area contributed by atoms with Gasteiger partial charge in [0.05, 0.1) is 6.04 Å². The molecule has 3 heteroatoms. The van der Waals surface area contributed by atoms with Gasteiger partial charge in [-0.1, -0.05) is 12.1 Å². The van der Waals surface area contributed by atoms with Gasteiger partial charge in [0.2, 0.25) is 0 Å². The number of cyclic esters (lactones) is 1. The van der Waals surface area contributed by atoms with Crippen molar-refractivity contribution in [1.82, 2.24) is 5.32 Å². The van der Waals surface area contributed by atoms with Crippen LogP contribution in [0.25, 0.3) is 0 Å². The fourth-order valence-corrected chi connectivity index (χ4v) is 2.73. The number of fused-ring (bicyclic) bond motifs is 1. The molecule has 2 aliphatic heterocycles. The number of rotatable bonds is 1. The molecule has 1 N–H and O–H groups in total. The van der Waals surface area contributed by atoms with Crippen LogP contribution >= 0.6 is 0 Å². The summed E-state index contributed by atoms with van der Waals surface area (Å²) in [4.78, 5) is 11.2. The fraction of sp³-hybridized carbons (Fsp3) is 0.400. The molecule has 0 amide bonds. The molecule has 2 atom stereocenters. The summed E-state index contributed by atoms with van der Waals surface area (Å²) in [6.07, 6.45) is 4.24. The number of nitrogens with one attached hydrogen (secondary N) is 1. The van der Waals surface area contributed by atoms with Crippen molar-refractivity contribution in [3.63, 3.8) is 0 Å². The predicted molar refractivity (Wildman–Crippen MR) is 69.4 cm³/mol. The number of ether oxygens (including phenoxy) is 1. The minimum absolute atomic E-state index is 0.0933. The Kier molecular flexibility index (Phi) is 2.71. The normalized spacial score (nSPS) is 26.0. The molecule has 0 bridgehead atoms. The van der Waals surface area contributed by atoms with E-state index in [2.05, 4.69) is 31.3 Å². The molecule has 0 aromatic heterocycles. The Bertz CT molecular complexity index is 534. The zero-order chi connectivity index (χ0) is 12.7. The van der Waals surface area contributed by atoms with E-state index >= 15 is 0 Å². The maximum Gasteiger partial charge on any atom is 0.331 e. The molecule has 0 saturated carbocycles. The number of hydrogen-bond donors (Lipinski definition) is 1. The van der Waals surface area contributed by atoms with Gasteiger partial charge in [0.15, 0.2) is 0 Å². The lowest BCUT2D eigenvalue weighted by Gasteiger charge is -2.30. The topological polar surface area (TPSA) is 38.3 Å². The van der Waals surface area contributed by atoms with Gasteiger partial charge in [-0.05, 0) is 55.1 Å². The van der Waals surface area contributed by atoms with Crippen molar-refractivity contribution >= 4 is 5.97 Å². The number of esters is 1. The molecule has 3 rings (SSSR count). The molecule has 1 aromatic carbocycles. The molecule has 94 valence electrons. The molecule has 0 saturated heterocycles. The van der Waals surface area contributed by atoms with E-state index < -0.39 is 0 Å². The summed E-state index contributed by atoms with van der Waals surface area (Å²) < 4.78 is 5.32. The molecule has 1 aromatic rings. The number of benzene rings is 1. The molecular weight excluding hydrogens is 226 g/mol. The molecule has 18 heavy (non-hydrogen) atoms. The average molecular weight is 243 g/mol. The van der Waals surface area contributed by atoms with Gasteiger partial charge in [-0.15, -0.1) is 0 Å². The Balaban J connectivity index is 1.99. The lowest BCUT2D eigenvalue weighted by atomic mass is 9.88. The van der Waals surface area contributed by atoms with E-state index in [4.69, 9.17) is 4.74 Å². The fourth-order valence-electron chi connectivity index (χ4n) is 2.73. The van der Waals surface area contributed by atoms with Crippen LogP contribution in [-0.4, -0.2) is 18.6 Å². The highest BCUT2D eigenvalue weighted by Crippen LogP contribution is 2.31. The highest BCUT2D eigenvalue weighted by atomic mass is 16.5. The third-order valence-electron chi connectivity index (χ3n) is 3.85. The van der Waals surface area contributed by atoms with Crippen LogP contribution in [0.3, 0.4) is 0 Å². The Morgan fingerprint density at radius 3 is 2.78 bits per heavy atom. The summed E-state index contributed by atoms with van der Waals surface area (Å²) in [7, 11) is 0. The molecular formula is C15H17NO2. The first kappa shape index (κ1) is 11.5. The first-order valence-electron chi connectivity index (χ1n) is 6.37. The molecule has 2 unspecified atom stereocenters. The molecule has 0 spiro atoms. The highest BCUT2D eigenvalue weighted by molar-refractivity contribution is 5.84. The molecule has 0 aliphatic carbocycles. The lowest BCUT2D eigenvalue weighted by molar-refractivity contribution is -0.139. The lowest BCUT2D eigenvalue weighted by Crippen LogP contribution is -2.37. The molecule has 2 aliphatic rings. The summed E-state index contributed by atoms with van der Waals surface area (Å²) in [5, 5.41) is 3.46. The predicted octanol–water partition coefficient (Wildman–Crippen LogP) is 1.97. The zero-order valence-corrected chi connectivity index (χ0v) is 10.7. The van der Waals surface area contributed by atoms with Crippen LogP contribution in [0.2, 0.25) is 0 Å². The van der Waals surface area contributed by atoms with Crippen LogP contribution in [0.15, 0.2) is 24.3 Å². The van der Waals surface area contributed by atoms with E-state index in [-0.39, 0.29) is 18.1 Å². The Labute approximate surface area is 107 Å². The molecule has 0 radical (unpaired) electrons. The van der Waals surface area contributed by atoms with Crippen molar-refractivity contribution in [1.29, 1.82) is 0 Å². The Morgan fingerprint density at radius 1 is 1.28 bits per heavy atom. The van der Waals surface area contributed by atoms with Gasteiger partial charge >= 0.3 is 5.97 Å². The largest absolute Gasteiger partial charge is 0.453 e. The van der Waals surface area contributed by atoms with Crippen LogP contribution in [0, 0.1) is 13.8 Å². The number of aryl methyl sites for hydroxylation is 2. The van der Waals surface area contributed by atoms with Crippen LogP contribution in [0.4, 0.5) is 0 Å². The van der Waals surface area contributed by atoms with E-state index in [0.717, 1.165) is 13.0 Å². The third-order valence-corrected chi connectivity index (χ3v) is 3.85. The van der Waals surface area contributed by atoms with E-state index in [1.165, 1.54) is 28.3 Å². The van der Waals surface area contributed by atoms with E-state index in [1.807, 2.05) is 6.08 Å². The van der Waals surface area contributed by atoms with Gasteiger partial charge in [-0.2, -0.15) is 0 Å². The summed E-state index contributed by atoms with van der Waals surface area (Å²) in [6, 6.07) is 4.58. The van der Waals surface area contributed by atoms with E-state index in [9.17, 15) is 4.79 Å². The van der Waals surface area contributed by atoms with Gasteiger partial charge in [0.25, 0.3) is 0 Å². The maximum atomic E-state index is 11.2. The molecule has 2 heterocycles. The second-order valence-corrected chi connectivity index (χ2v) is 5.08. The second-order valence-electron chi connectivity index (χ2n) is 5.08. The van der Waals surface area contributed by atoms with Gasteiger partial charge in [-0.25, -0.2) is 4.79 Å². The quantitative estimate of drug-likeness (QED) is 0.766. The van der Waals surface area contributed by atoms with Gasteiger partial charge in [-0.3, -0.25) is 0 Å². The van der Waals surface area contributed by atoms with Crippen molar-refractivity contribution in [3.8, 4) is 0 Å². The smallest absolute Gasteiger partial charge is 0.331 e. The average Bonchev–Trinajstić information content (AvgIpc) is 2.77. The van der Waals surface area contributed by atoms with Gasteiger partial charge < -0.3 is 10.1 Å². The number of carbonyl (C=O) groups is 1. The maximum absolute atomic E-state index is 11.2. The van der Waals surface area contributed by atoms with Crippen LogP contribution in [-0.2, 0) is 16.0 Å². The van der Waals surface area contributed by atoms with Crippen molar-refractivity contribution in [2.75, 3.05) is 6.54 Å². The number of carbonyl (C=O) groups excluding carboxylic acids is 1. The monoisotopic (exact) mass is 243 g/mol. The summed E-state index contributed by atoms with van der Waals surface area (Å²) >= 11 is 0. The molecule has 0 fully saturated rings.